The van der Waals surface area contributed by atoms with Crippen molar-refractivity contribution in [1.82, 2.24) is 9.80 Å². The molecule has 2 aromatic rings. The Morgan fingerprint density at radius 3 is 2.43 bits per heavy atom. The Bertz CT molecular complexity index is 875. The number of carbonyl (C=O) groups is 1. The quantitative estimate of drug-likeness (QED) is 0.739. The fraction of sp³-hybridized carbons (Fsp3) is 0.417. The summed E-state index contributed by atoms with van der Waals surface area (Å²) < 4.78 is 11.4. The van der Waals surface area contributed by atoms with Gasteiger partial charge in [-0.2, -0.15) is 5.26 Å². The lowest BCUT2D eigenvalue weighted by molar-refractivity contribution is 0.0627. The van der Waals surface area contributed by atoms with Crippen molar-refractivity contribution in [2.24, 2.45) is 0 Å². The van der Waals surface area contributed by atoms with Crippen molar-refractivity contribution < 1.29 is 14.3 Å². The van der Waals surface area contributed by atoms with Gasteiger partial charge in [0.15, 0.2) is 0 Å². The zero-order valence-corrected chi connectivity index (χ0v) is 17.1. The molecule has 2 aromatic carbocycles. The van der Waals surface area contributed by atoms with E-state index in [2.05, 4.69) is 11.0 Å². The van der Waals surface area contributed by atoms with Gasteiger partial charge < -0.3 is 14.4 Å². The molecule has 0 aromatic heterocycles. The Balaban J connectivity index is 1.24. The van der Waals surface area contributed by atoms with Gasteiger partial charge in [0.05, 0.1) is 17.7 Å². The number of ether oxygens (including phenoxy) is 2. The van der Waals surface area contributed by atoms with E-state index in [4.69, 9.17) is 14.7 Å². The van der Waals surface area contributed by atoms with Gasteiger partial charge >= 0.3 is 0 Å². The standard InChI is InChI=1S/C24H27N3O3/c25-16-19-3-5-20(6-4-19)17-26-11-13-27(14-12-26)24(28)21-7-9-22(10-8-21)30-18-23-2-1-15-29-23/h3-10,23H,1-2,11-15,17-18H2. The van der Waals surface area contributed by atoms with Crippen LogP contribution in [0.3, 0.4) is 0 Å². The Hall–Kier alpha value is -2.88. The molecule has 156 valence electrons. The minimum Gasteiger partial charge on any atom is -0.491 e. The summed E-state index contributed by atoms with van der Waals surface area (Å²) in [6.45, 7) is 5.34. The summed E-state index contributed by atoms with van der Waals surface area (Å²) in [6.07, 6.45) is 2.34. The van der Waals surface area contributed by atoms with Crippen LogP contribution < -0.4 is 4.74 Å². The van der Waals surface area contributed by atoms with Crippen LogP contribution in [0.4, 0.5) is 0 Å². The van der Waals surface area contributed by atoms with E-state index in [-0.39, 0.29) is 12.0 Å². The number of hydrogen-bond donors (Lipinski definition) is 0. The molecule has 6 nitrogen and oxygen atoms in total. The highest BCUT2D eigenvalue weighted by molar-refractivity contribution is 5.94. The van der Waals surface area contributed by atoms with E-state index >= 15 is 0 Å². The Morgan fingerprint density at radius 2 is 1.80 bits per heavy atom. The van der Waals surface area contributed by atoms with Gasteiger partial charge in [-0.15, -0.1) is 0 Å². The Kier molecular flexibility index (Phi) is 6.63. The number of piperazine rings is 1. The van der Waals surface area contributed by atoms with Crippen LogP contribution in [0.25, 0.3) is 0 Å². The lowest BCUT2D eigenvalue weighted by Gasteiger charge is -2.34. The number of benzene rings is 2. The van der Waals surface area contributed by atoms with Gasteiger partial charge in [-0.3, -0.25) is 9.69 Å². The number of carbonyl (C=O) groups excluding carboxylic acids is 1. The summed E-state index contributed by atoms with van der Waals surface area (Å²) in [6, 6.07) is 17.3. The van der Waals surface area contributed by atoms with Gasteiger partial charge in [0, 0.05) is 44.9 Å². The van der Waals surface area contributed by atoms with E-state index in [0.717, 1.165) is 44.8 Å². The minimum atomic E-state index is 0.0682. The maximum atomic E-state index is 12.8. The molecule has 2 aliphatic rings. The van der Waals surface area contributed by atoms with Gasteiger partial charge in [-0.05, 0) is 54.8 Å². The van der Waals surface area contributed by atoms with Crippen LogP contribution in [0.1, 0.15) is 34.3 Å². The Morgan fingerprint density at radius 1 is 1.07 bits per heavy atom. The number of hydrogen-bond acceptors (Lipinski definition) is 5. The summed E-state index contributed by atoms with van der Waals surface area (Å²) in [4.78, 5) is 17.1. The number of nitrogens with zero attached hydrogens (tertiary/aromatic N) is 3. The van der Waals surface area contributed by atoms with Crippen molar-refractivity contribution in [2.45, 2.75) is 25.5 Å². The normalized spacial score (nSPS) is 19.4. The van der Waals surface area contributed by atoms with Crippen molar-refractivity contribution in [2.75, 3.05) is 39.4 Å². The first kappa shape index (κ1) is 20.4. The van der Waals surface area contributed by atoms with E-state index in [1.165, 1.54) is 5.56 Å². The maximum Gasteiger partial charge on any atom is 0.253 e. The molecule has 2 fully saturated rings. The zero-order valence-electron chi connectivity index (χ0n) is 17.1. The average molecular weight is 405 g/mol. The van der Waals surface area contributed by atoms with Gasteiger partial charge in [0.2, 0.25) is 0 Å². The molecule has 1 unspecified atom stereocenters. The molecule has 0 spiro atoms. The van der Waals surface area contributed by atoms with Gasteiger partial charge in [0.1, 0.15) is 12.4 Å². The molecule has 30 heavy (non-hydrogen) atoms. The topological polar surface area (TPSA) is 65.8 Å². The molecule has 0 bridgehead atoms. The van der Waals surface area contributed by atoms with Crippen molar-refractivity contribution in [3.05, 3.63) is 65.2 Å². The van der Waals surface area contributed by atoms with E-state index in [1.54, 1.807) is 0 Å². The highest BCUT2D eigenvalue weighted by Crippen LogP contribution is 2.18. The van der Waals surface area contributed by atoms with Crippen LogP contribution in [-0.2, 0) is 11.3 Å². The predicted molar refractivity (Wildman–Crippen MR) is 113 cm³/mol. The summed E-state index contributed by atoms with van der Waals surface area (Å²) >= 11 is 0. The van der Waals surface area contributed by atoms with Crippen molar-refractivity contribution >= 4 is 5.91 Å². The van der Waals surface area contributed by atoms with E-state index in [0.29, 0.717) is 30.8 Å². The highest BCUT2D eigenvalue weighted by atomic mass is 16.5. The van der Waals surface area contributed by atoms with Crippen LogP contribution in [0.15, 0.2) is 48.5 Å². The molecule has 2 heterocycles. The lowest BCUT2D eigenvalue weighted by Crippen LogP contribution is -2.48. The Labute approximate surface area is 177 Å². The molecule has 0 N–H and O–H groups in total. The first-order valence-electron chi connectivity index (χ1n) is 10.6. The van der Waals surface area contributed by atoms with Crippen molar-refractivity contribution in [3.8, 4) is 11.8 Å². The third kappa shape index (κ3) is 5.18. The monoisotopic (exact) mass is 405 g/mol. The number of amides is 1. The number of nitriles is 1. The molecular weight excluding hydrogens is 378 g/mol. The molecule has 2 saturated heterocycles. The molecular formula is C24H27N3O3. The average Bonchev–Trinajstić information content (AvgIpc) is 3.32. The van der Waals surface area contributed by atoms with Gasteiger partial charge in [-0.1, -0.05) is 12.1 Å². The second kappa shape index (κ2) is 9.75. The van der Waals surface area contributed by atoms with Crippen LogP contribution in [0.5, 0.6) is 5.75 Å². The van der Waals surface area contributed by atoms with Gasteiger partial charge in [0.25, 0.3) is 5.91 Å². The smallest absolute Gasteiger partial charge is 0.253 e. The van der Waals surface area contributed by atoms with Crippen molar-refractivity contribution in [3.63, 3.8) is 0 Å². The zero-order chi connectivity index (χ0) is 20.8. The van der Waals surface area contributed by atoms with E-state index < -0.39 is 0 Å². The van der Waals surface area contributed by atoms with Crippen LogP contribution in [0.2, 0.25) is 0 Å². The third-order valence-electron chi connectivity index (χ3n) is 5.71. The van der Waals surface area contributed by atoms with Gasteiger partial charge in [-0.25, -0.2) is 0 Å². The molecule has 4 rings (SSSR count). The largest absolute Gasteiger partial charge is 0.491 e. The van der Waals surface area contributed by atoms with Crippen LogP contribution >= 0.6 is 0 Å². The van der Waals surface area contributed by atoms with E-state index in [1.807, 2.05) is 53.4 Å². The SMILES string of the molecule is N#Cc1ccc(CN2CCN(C(=O)c3ccc(OCC4CCCO4)cc3)CC2)cc1. The lowest BCUT2D eigenvalue weighted by atomic mass is 10.1. The fourth-order valence-corrected chi connectivity index (χ4v) is 3.89. The summed E-state index contributed by atoms with van der Waals surface area (Å²) in [5, 5.41) is 8.90. The molecule has 2 aliphatic heterocycles. The van der Waals surface area contributed by atoms with Crippen LogP contribution in [0, 0.1) is 11.3 Å². The summed E-state index contributed by atoms with van der Waals surface area (Å²) in [5.74, 6) is 0.841. The molecule has 1 atom stereocenters. The molecule has 0 saturated carbocycles. The predicted octanol–water partition coefficient (Wildman–Crippen LogP) is 3.07. The summed E-state index contributed by atoms with van der Waals surface area (Å²) in [5.41, 5.74) is 2.56. The molecule has 0 aliphatic carbocycles. The first-order chi connectivity index (χ1) is 14.7. The minimum absolute atomic E-state index is 0.0682. The van der Waals surface area contributed by atoms with E-state index in [9.17, 15) is 4.79 Å². The maximum absolute atomic E-state index is 12.8. The molecule has 6 heteroatoms. The first-order valence-corrected chi connectivity index (χ1v) is 10.6. The van der Waals surface area contributed by atoms with Crippen molar-refractivity contribution in [1.29, 1.82) is 5.26 Å². The second-order valence-corrected chi connectivity index (χ2v) is 7.85. The molecule has 0 radical (unpaired) electrons. The summed E-state index contributed by atoms with van der Waals surface area (Å²) in [7, 11) is 0. The highest BCUT2D eigenvalue weighted by Gasteiger charge is 2.22. The van der Waals surface area contributed by atoms with Crippen LogP contribution in [-0.4, -0.2) is 61.2 Å². The molecule has 1 amide bonds. The third-order valence-corrected chi connectivity index (χ3v) is 5.71. The second-order valence-electron chi connectivity index (χ2n) is 7.85. The fourth-order valence-electron chi connectivity index (χ4n) is 3.89. The number of rotatable bonds is 6.